The maximum atomic E-state index is 12.3. The molecule has 118 valence electrons. The van der Waals surface area contributed by atoms with Gasteiger partial charge in [0.1, 0.15) is 5.75 Å². The van der Waals surface area contributed by atoms with Crippen LogP contribution in [0.4, 0.5) is 0 Å². The van der Waals surface area contributed by atoms with Crippen LogP contribution < -0.4 is 4.74 Å². The first-order chi connectivity index (χ1) is 10.0. The number of hydrogen-bond donors (Lipinski definition) is 0. The molecule has 21 heavy (non-hydrogen) atoms. The highest BCUT2D eigenvalue weighted by Crippen LogP contribution is 2.26. The van der Waals surface area contributed by atoms with Crippen LogP contribution in [-0.2, 0) is 14.6 Å². The van der Waals surface area contributed by atoms with Gasteiger partial charge in [-0.1, -0.05) is 25.8 Å². The average molecular weight is 312 g/mol. The Hall–Kier alpha value is -1.07. The third-order valence-corrected chi connectivity index (χ3v) is 5.79. The van der Waals surface area contributed by atoms with Gasteiger partial charge in [-0.15, -0.1) is 0 Å². The van der Waals surface area contributed by atoms with Crippen molar-refractivity contribution < 1.29 is 17.9 Å². The molecule has 5 heteroatoms. The van der Waals surface area contributed by atoms with E-state index in [1.54, 1.807) is 24.3 Å². The lowest BCUT2D eigenvalue weighted by Crippen LogP contribution is -2.27. The fourth-order valence-electron chi connectivity index (χ4n) is 2.75. The van der Waals surface area contributed by atoms with Crippen LogP contribution in [0.2, 0.25) is 0 Å². The summed E-state index contributed by atoms with van der Waals surface area (Å²) in [5, 5.41) is 0. The first kappa shape index (κ1) is 16.3. The molecule has 1 aliphatic carbocycles. The standard InChI is InChI=1S/C16H24O4S/c1-13-6-3-4-9-16(13)20-10-11-21(17,18)15-8-5-7-14(12-15)19-2/h5,7-8,12-13,16H,3-4,6,9-11H2,1-2H3/t13-,16-/m1/s1. The molecule has 4 nitrogen and oxygen atoms in total. The number of ether oxygens (including phenoxy) is 2. The van der Waals surface area contributed by atoms with Crippen LogP contribution in [0.5, 0.6) is 5.75 Å². The molecule has 1 fully saturated rings. The lowest BCUT2D eigenvalue weighted by Gasteiger charge is -2.28. The van der Waals surface area contributed by atoms with E-state index in [1.165, 1.54) is 26.4 Å². The molecule has 0 spiro atoms. The molecule has 0 heterocycles. The van der Waals surface area contributed by atoms with Gasteiger partial charge in [0, 0.05) is 0 Å². The van der Waals surface area contributed by atoms with Crippen molar-refractivity contribution in [3.05, 3.63) is 24.3 Å². The van der Waals surface area contributed by atoms with Gasteiger partial charge in [-0.3, -0.25) is 0 Å². The topological polar surface area (TPSA) is 52.6 Å². The summed E-state index contributed by atoms with van der Waals surface area (Å²) in [6, 6.07) is 6.58. The molecule has 0 radical (unpaired) electrons. The van der Waals surface area contributed by atoms with E-state index < -0.39 is 9.84 Å². The average Bonchev–Trinajstić information content (AvgIpc) is 2.49. The summed E-state index contributed by atoms with van der Waals surface area (Å²) in [5.74, 6) is 1.10. The number of methoxy groups -OCH3 is 1. The molecule has 1 aromatic carbocycles. The van der Waals surface area contributed by atoms with Crippen LogP contribution in [0.3, 0.4) is 0 Å². The highest BCUT2D eigenvalue weighted by atomic mass is 32.2. The molecule has 0 saturated heterocycles. The summed E-state index contributed by atoms with van der Waals surface area (Å²) in [5.41, 5.74) is 0. The second-order valence-electron chi connectivity index (χ2n) is 5.67. The molecular formula is C16H24O4S. The third-order valence-electron chi connectivity index (χ3n) is 4.12. The van der Waals surface area contributed by atoms with Gasteiger partial charge in [-0.2, -0.15) is 0 Å². The Morgan fingerprint density at radius 2 is 2.00 bits per heavy atom. The number of sulfone groups is 1. The highest BCUT2D eigenvalue weighted by molar-refractivity contribution is 7.91. The van der Waals surface area contributed by atoms with Crippen molar-refractivity contribution in [3.8, 4) is 5.75 Å². The van der Waals surface area contributed by atoms with Crippen LogP contribution >= 0.6 is 0 Å². The lowest BCUT2D eigenvalue weighted by atomic mass is 9.88. The van der Waals surface area contributed by atoms with Crippen LogP contribution in [0.15, 0.2) is 29.2 Å². The van der Waals surface area contributed by atoms with E-state index in [4.69, 9.17) is 9.47 Å². The van der Waals surface area contributed by atoms with Crippen LogP contribution in [0, 0.1) is 5.92 Å². The van der Waals surface area contributed by atoms with E-state index in [0.717, 1.165) is 6.42 Å². The van der Waals surface area contributed by atoms with Gasteiger partial charge in [-0.05, 0) is 37.0 Å². The first-order valence-electron chi connectivity index (χ1n) is 7.51. The Morgan fingerprint density at radius 1 is 1.24 bits per heavy atom. The zero-order valence-electron chi connectivity index (χ0n) is 12.7. The molecule has 0 amide bonds. The van der Waals surface area contributed by atoms with E-state index in [1.807, 2.05) is 0 Å². The van der Waals surface area contributed by atoms with Crippen molar-refractivity contribution in [1.29, 1.82) is 0 Å². The summed E-state index contributed by atoms with van der Waals surface area (Å²) in [6.07, 6.45) is 4.85. The largest absolute Gasteiger partial charge is 0.497 e. The molecule has 0 bridgehead atoms. The normalized spacial score (nSPS) is 23.0. The van der Waals surface area contributed by atoms with Crippen LogP contribution in [-0.4, -0.2) is 34.0 Å². The molecule has 0 N–H and O–H groups in total. The Bertz CT molecular complexity index is 553. The van der Waals surface area contributed by atoms with Crippen molar-refractivity contribution >= 4 is 9.84 Å². The zero-order chi connectivity index (χ0) is 15.3. The molecule has 0 aliphatic heterocycles. The Morgan fingerprint density at radius 3 is 2.71 bits per heavy atom. The van der Waals surface area contributed by atoms with E-state index in [0.29, 0.717) is 16.6 Å². The van der Waals surface area contributed by atoms with Crippen molar-refractivity contribution in [2.24, 2.45) is 5.92 Å². The molecule has 1 aliphatic rings. The maximum Gasteiger partial charge on any atom is 0.180 e. The smallest absolute Gasteiger partial charge is 0.180 e. The fraction of sp³-hybridized carbons (Fsp3) is 0.625. The fourth-order valence-corrected chi connectivity index (χ4v) is 3.88. The van der Waals surface area contributed by atoms with E-state index >= 15 is 0 Å². The van der Waals surface area contributed by atoms with Gasteiger partial charge in [-0.25, -0.2) is 8.42 Å². The number of hydrogen-bond acceptors (Lipinski definition) is 4. The molecule has 2 atom stereocenters. The van der Waals surface area contributed by atoms with Crippen LogP contribution in [0.25, 0.3) is 0 Å². The first-order valence-corrected chi connectivity index (χ1v) is 9.16. The van der Waals surface area contributed by atoms with E-state index in [2.05, 4.69) is 6.92 Å². The summed E-state index contributed by atoms with van der Waals surface area (Å²) >= 11 is 0. The van der Waals surface area contributed by atoms with Gasteiger partial charge < -0.3 is 9.47 Å². The molecule has 0 aromatic heterocycles. The van der Waals surface area contributed by atoms with Gasteiger partial charge >= 0.3 is 0 Å². The molecular weight excluding hydrogens is 288 g/mol. The lowest BCUT2D eigenvalue weighted by molar-refractivity contribution is 0.00302. The van der Waals surface area contributed by atoms with Crippen molar-refractivity contribution in [2.45, 2.75) is 43.6 Å². The molecule has 1 aromatic rings. The maximum absolute atomic E-state index is 12.3. The molecule has 2 rings (SSSR count). The molecule has 0 unspecified atom stereocenters. The van der Waals surface area contributed by atoms with Crippen molar-refractivity contribution in [1.82, 2.24) is 0 Å². The minimum Gasteiger partial charge on any atom is -0.497 e. The SMILES string of the molecule is COc1cccc(S(=O)(=O)CCO[C@@H]2CCCC[C@H]2C)c1. The Labute approximate surface area is 127 Å². The predicted octanol–water partition coefficient (Wildman–Crippen LogP) is 3.06. The summed E-state index contributed by atoms with van der Waals surface area (Å²) < 4.78 is 35.4. The minimum absolute atomic E-state index is 0.0172. The van der Waals surface area contributed by atoms with E-state index in [-0.39, 0.29) is 18.5 Å². The van der Waals surface area contributed by atoms with Crippen molar-refractivity contribution in [2.75, 3.05) is 19.5 Å². The van der Waals surface area contributed by atoms with Gasteiger partial charge in [0.05, 0.1) is 30.5 Å². The molecule has 1 saturated carbocycles. The summed E-state index contributed by atoms with van der Waals surface area (Å²) in [4.78, 5) is 0.294. The van der Waals surface area contributed by atoms with Gasteiger partial charge in [0.15, 0.2) is 9.84 Å². The summed E-state index contributed by atoms with van der Waals surface area (Å²) in [6.45, 7) is 2.44. The summed E-state index contributed by atoms with van der Waals surface area (Å²) in [7, 11) is -1.79. The second-order valence-corrected chi connectivity index (χ2v) is 7.78. The quantitative estimate of drug-likeness (QED) is 0.810. The van der Waals surface area contributed by atoms with Gasteiger partial charge in [0.25, 0.3) is 0 Å². The minimum atomic E-state index is -3.32. The Kier molecular flexibility index (Phi) is 5.65. The zero-order valence-corrected chi connectivity index (χ0v) is 13.6. The number of benzene rings is 1. The second kappa shape index (κ2) is 7.27. The van der Waals surface area contributed by atoms with Gasteiger partial charge in [0.2, 0.25) is 0 Å². The monoisotopic (exact) mass is 312 g/mol. The third kappa shape index (κ3) is 4.45. The predicted molar refractivity (Wildman–Crippen MR) is 82.4 cm³/mol. The Balaban J connectivity index is 1.91. The van der Waals surface area contributed by atoms with Crippen LogP contribution in [0.1, 0.15) is 32.6 Å². The highest BCUT2D eigenvalue weighted by Gasteiger charge is 2.23. The number of rotatable bonds is 6. The van der Waals surface area contributed by atoms with Crippen molar-refractivity contribution in [3.63, 3.8) is 0 Å². The van der Waals surface area contributed by atoms with E-state index in [9.17, 15) is 8.42 Å².